The number of likely N-dealkylation sites (tertiary alicyclic amines) is 1. The van der Waals surface area contributed by atoms with E-state index in [1.807, 2.05) is 18.6 Å². The molecule has 6 heteroatoms. The van der Waals surface area contributed by atoms with Crippen LogP contribution < -0.4 is 4.90 Å². The number of pyridine rings is 2. The lowest BCUT2D eigenvalue weighted by atomic mass is 10.0. The minimum atomic E-state index is 0.341. The van der Waals surface area contributed by atoms with Crippen LogP contribution in [0.1, 0.15) is 19.8 Å². The molecule has 0 aliphatic carbocycles. The van der Waals surface area contributed by atoms with Crippen molar-refractivity contribution in [3.63, 3.8) is 0 Å². The number of ether oxygens (including phenoxy) is 1. The molecule has 6 rings (SSSR count). The van der Waals surface area contributed by atoms with E-state index in [2.05, 4.69) is 69.7 Å². The van der Waals surface area contributed by atoms with E-state index in [9.17, 15) is 0 Å². The molecule has 2 fully saturated rings. The average Bonchev–Trinajstić information content (AvgIpc) is 3.13. The number of nitrogens with zero attached hydrogens (tertiary/aromatic N) is 5. The molecule has 0 saturated carbocycles. The minimum Gasteiger partial charge on any atom is -0.371 e. The monoisotopic (exact) mass is 441 g/mol. The lowest BCUT2D eigenvalue weighted by molar-refractivity contribution is -0.0522. The van der Waals surface area contributed by atoms with Crippen LogP contribution in [-0.2, 0) is 11.8 Å². The molecular weight excluding hydrogens is 410 g/mol. The predicted octanol–water partition coefficient (Wildman–Crippen LogP) is 4.48. The second-order valence-corrected chi connectivity index (χ2v) is 9.39. The number of anilines is 1. The molecule has 3 aromatic heterocycles. The minimum absolute atomic E-state index is 0.341. The summed E-state index contributed by atoms with van der Waals surface area (Å²) in [6, 6.07) is 13.0. The van der Waals surface area contributed by atoms with E-state index in [1.165, 1.54) is 40.5 Å². The van der Waals surface area contributed by atoms with Crippen molar-refractivity contribution in [3.8, 4) is 11.1 Å². The van der Waals surface area contributed by atoms with Gasteiger partial charge >= 0.3 is 0 Å². The number of aryl methyl sites for hydroxylation is 1. The molecule has 2 aliphatic rings. The standard InChI is InChI=1S/C27H31N5O/c1-3-31-12-9-21(10-13-31)33-22-17-32(18-22)27-7-5-20(15-29-27)19-4-6-23-24-16-28-11-8-25(24)30(2)26(23)14-19/h4-8,11,14-16,21-22H,3,9-10,12-13,17-18H2,1-2H3. The maximum atomic E-state index is 6.34. The molecule has 0 bridgehead atoms. The Morgan fingerprint density at radius 1 is 0.909 bits per heavy atom. The Bertz CT molecular complexity index is 1270. The Balaban J connectivity index is 1.12. The summed E-state index contributed by atoms with van der Waals surface area (Å²) in [6.45, 7) is 7.61. The lowest BCUT2D eigenvalue weighted by Crippen LogP contribution is -2.54. The highest BCUT2D eigenvalue weighted by molar-refractivity contribution is 6.08. The van der Waals surface area contributed by atoms with E-state index in [1.54, 1.807) is 0 Å². The summed E-state index contributed by atoms with van der Waals surface area (Å²) in [7, 11) is 2.12. The van der Waals surface area contributed by atoms with Gasteiger partial charge in [-0.15, -0.1) is 0 Å². The third kappa shape index (κ3) is 3.77. The van der Waals surface area contributed by atoms with Crippen LogP contribution in [0.5, 0.6) is 0 Å². The van der Waals surface area contributed by atoms with Crippen molar-refractivity contribution in [1.29, 1.82) is 0 Å². The SMILES string of the molecule is CCN1CCC(OC2CN(c3ccc(-c4ccc5c6cnccc6n(C)c5c4)cn3)C2)CC1. The Labute approximate surface area is 194 Å². The van der Waals surface area contributed by atoms with Crippen molar-refractivity contribution < 1.29 is 4.74 Å². The quantitative estimate of drug-likeness (QED) is 0.457. The molecule has 0 atom stereocenters. The Morgan fingerprint density at radius 2 is 1.73 bits per heavy atom. The van der Waals surface area contributed by atoms with Crippen LogP contribution in [0, 0.1) is 0 Å². The average molecular weight is 442 g/mol. The van der Waals surface area contributed by atoms with Gasteiger partial charge in [0, 0.05) is 73.7 Å². The van der Waals surface area contributed by atoms with Crippen LogP contribution in [0.4, 0.5) is 5.82 Å². The Morgan fingerprint density at radius 3 is 2.48 bits per heavy atom. The Hall–Kier alpha value is -2.96. The highest BCUT2D eigenvalue weighted by Crippen LogP contribution is 2.32. The summed E-state index contributed by atoms with van der Waals surface area (Å²) in [5.41, 5.74) is 4.74. The number of fused-ring (bicyclic) bond motifs is 3. The fourth-order valence-corrected chi connectivity index (χ4v) is 5.32. The van der Waals surface area contributed by atoms with Crippen molar-refractivity contribution in [2.24, 2.45) is 7.05 Å². The van der Waals surface area contributed by atoms with Gasteiger partial charge in [-0.25, -0.2) is 4.98 Å². The lowest BCUT2D eigenvalue weighted by Gasteiger charge is -2.42. The number of hydrogen-bond acceptors (Lipinski definition) is 5. The first-order valence-corrected chi connectivity index (χ1v) is 12.1. The fraction of sp³-hybridized carbons (Fsp3) is 0.407. The smallest absolute Gasteiger partial charge is 0.128 e. The molecule has 0 unspecified atom stereocenters. The van der Waals surface area contributed by atoms with E-state index in [0.29, 0.717) is 12.2 Å². The van der Waals surface area contributed by atoms with Gasteiger partial charge in [-0.2, -0.15) is 0 Å². The van der Waals surface area contributed by atoms with Crippen molar-refractivity contribution in [3.05, 3.63) is 55.0 Å². The molecule has 2 saturated heterocycles. The molecule has 2 aliphatic heterocycles. The first kappa shape index (κ1) is 20.6. The number of rotatable bonds is 5. The van der Waals surface area contributed by atoms with E-state index in [-0.39, 0.29) is 0 Å². The zero-order chi connectivity index (χ0) is 22.4. The van der Waals surface area contributed by atoms with Crippen molar-refractivity contribution in [1.82, 2.24) is 19.4 Å². The molecule has 170 valence electrons. The van der Waals surface area contributed by atoms with Crippen molar-refractivity contribution in [2.75, 3.05) is 37.6 Å². The molecule has 0 amide bonds. The van der Waals surface area contributed by atoms with Crippen LogP contribution >= 0.6 is 0 Å². The van der Waals surface area contributed by atoms with Crippen molar-refractivity contribution >= 4 is 27.6 Å². The van der Waals surface area contributed by atoms with Gasteiger partial charge in [0.05, 0.1) is 17.7 Å². The van der Waals surface area contributed by atoms with E-state index >= 15 is 0 Å². The van der Waals surface area contributed by atoms with Gasteiger partial charge in [-0.3, -0.25) is 4.98 Å². The van der Waals surface area contributed by atoms with Crippen LogP contribution in [0.25, 0.3) is 32.9 Å². The third-order valence-electron chi connectivity index (χ3n) is 7.43. The second-order valence-electron chi connectivity index (χ2n) is 9.39. The van der Waals surface area contributed by atoms with Crippen LogP contribution in [0.15, 0.2) is 55.0 Å². The molecular formula is C27H31N5O. The predicted molar refractivity (Wildman–Crippen MR) is 134 cm³/mol. The first-order valence-electron chi connectivity index (χ1n) is 12.1. The summed E-state index contributed by atoms with van der Waals surface area (Å²) in [5, 5.41) is 2.43. The molecule has 1 aromatic carbocycles. The van der Waals surface area contributed by atoms with Crippen LogP contribution in [0.3, 0.4) is 0 Å². The summed E-state index contributed by atoms with van der Waals surface area (Å²) in [6.07, 6.45) is 8.89. The molecule has 0 radical (unpaired) electrons. The fourth-order valence-electron chi connectivity index (χ4n) is 5.32. The molecule has 0 spiro atoms. The summed E-state index contributed by atoms with van der Waals surface area (Å²) >= 11 is 0. The third-order valence-corrected chi connectivity index (χ3v) is 7.43. The number of piperidine rings is 1. The summed E-state index contributed by atoms with van der Waals surface area (Å²) in [4.78, 5) is 13.9. The normalized spacial score (nSPS) is 18.3. The molecule has 33 heavy (non-hydrogen) atoms. The van der Waals surface area contributed by atoms with Gasteiger partial charge in [0.2, 0.25) is 0 Å². The Kier molecular flexibility index (Phi) is 5.27. The molecule has 4 aromatic rings. The van der Waals surface area contributed by atoms with Gasteiger partial charge in [0.25, 0.3) is 0 Å². The zero-order valence-electron chi connectivity index (χ0n) is 19.4. The van der Waals surface area contributed by atoms with Gasteiger partial charge in [0.1, 0.15) is 5.82 Å². The number of hydrogen-bond donors (Lipinski definition) is 0. The number of benzene rings is 1. The first-order chi connectivity index (χ1) is 16.2. The van der Waals surface area contributed by atoms with Gasteiger partial charge in [-0.05, 0) is 49.2 Å². The van der Waals surface area contributed by atoms with Gasteiger partial charge < -0.3 is 19.1 Å². The van der Waals surface area contributed by atoms with Crippen LogP contribution in [-0.4, -0.2) is 64.4 Å². The topological polar surface area (TPSA) is 46.4 Å². The zero-order valence-corrected chi connectivity index (χ0v) is 19.4. The van der Waals surface area contributed by atoms with E-state index < -0.39 is 0 Å². The largest absolute Gasteiger partial charge is 0.371 e. The van der Waals surface area contributed by atoms with Gasteiger partial charge in [0.15, 0.2) is 0 Å². The molecule has 6 nitrogen and oxygen atoms in total. The number of aromatic nitrogens is 3. The van der Waals surface area contributed by atoms with Crippen LogP contribution in [0.2, 0.25) is 0 Å². The summed E-state index contributed by atoms with van der Waals surface area (Å²) in [5.74, 6) is 1.04. The maximum Gasteiger partial charge on any atom is 0.128 e. The summed E-state index contributed by atoms with van der Waals surface area (Å²) < 4.78 is 8.58. The van der Waals surface area contributed by atoms with E-state index in [4.69, 9.17) is 9.72 Å². The van der Waals surface area contributed by atoms with Gasteiger partial charge in [-0.1, -0.05) is 19.1 Å². The molecule has 5 heterocycles. The molecule has 0 N–H and O–H groups in total. The highest BCUT2D eigenvalue weighted by Gasteiger charge is 2.31. The second kappa shape index (κ2) is 8.43. The van der Waals surface area contributed by atoms with E-state index in [0.717, 1.165) is 43.9 Å². The van der Waals surface area contributed by atoms with Crippen molar-refractivity contribution in [2.45, 2.75) is 32.0 Å². The highest BCUT2D eigenvalue weighted by atomic mass is 16.5. The maximum absolute atomic E-state index is 6.34.